The summed E-state index contributed by atoms with van der Waals surface area (Å²) in [4.78, 5) is 11.5. The second kappa shape index (κ2) is 5.41. The van der Waals surface area contributed by atoms with Crippen molar-refractivity contribution in [2.75, 3.05) is 6.61 Å². The summed E-state index contributed by atoms with van der Waals surface area (Å²) in [5, 5.41) is 9.51. The van der Waals surface area contributed by atoms with Gasteiger partial charge in [0.05, 0.1) is 12.7 Å². The van der Waals surface area contributed by atoms with Crippen LogP contribution in [0.5, 0.6) is 5.75 Å². The number of rotatable bonds is 3. The van der Waals surface area contributed by atoms with Crippen molar-refractivity contribution in [2.45, 2.75) is 19.8 Å². The van der Waals surface area contributed by atoms with Crippen LogP contribution < -0.4 is 4.57 Å². The van der Waals surface area contributed by atoms with Crippen molar-refractivity contribution in [3.63, 3.8) is 0 Å². The van der Waals surface area contributed by atoms with E-state index in [2.05, 4.69) is 4.74 Å². The van der Waals surface area contributed by atoms with Gasteiger partial charge in [0.2, 0.25) is 5.69 Å². The summed E-state index contributed by atoms with van der Waals surface area (Å²) >= 11 is 0. The molecule has 0 aliphatic carbocycles. The van der Waals surface area contributed by atoms with Crippen LogP contribution in [0, 0.1) is 0 Å². The molecule has 1 aromatic heterocycles. The first kappa shape index (κ1) is 15.2. The zero-order chi connectivity index (χ0) is 14.8. The zero-order valence-electron chi connectivity index (χ0n) is 10.2. The van der Waals surface area contributed by atoms with Crippen molar-refractivity contribution in [3.05, 3.63) is 23.0 Å². The van der Waals surface area contributed by atoms with Gasteiger partial charge < -0.3 is 9.84 Å². The summed E-state index contributed by atoms with van der Waals surface area (Å²) in [5.41, 5.74) is -2.87. The summed E-state index contributed by atoms with van der Waals surface area (Å²) < 4.78 is 56.4. The Morgan fingerprint density at radius 2 is 2.05 bits per heavy atom. The number of carbonyl (C=O) groups excluding carboxylic acids is 1. The fraction of sp³-hybridized carbons (Fsp3) is 0.455. The highest BCUT2D eigenvalue weighted by atomic mass is 19.4. The summed E-state index contributed by atoms with van der Waals surface area (Å²) in [6.45, 7) is 0.0541. The Morgan fingerprint density at radius 3 is 2.47 bits per heavy atom. The van der Waals surface area contributed by atoms with E-state index in [0.29, 0.717) is 4.57 Å². The molecule has 1 heterocycles. The Morgan fingerprint density at radius 1 is 1.47 bits per heavy atom. The molecule has 0 unspecified atom stereocenters. The SMILES string of the molecule is CCOC(=O)c1c(O)cc(CF)[n+](C)c1C(F)(F)F. The number of esters is 1. The minimum absolute atomic E-state index is 0.149. The van der Waals surface area contributed by atoms with Crippen molar-refractivity contribution >= 4 is 5.97 Å². The van der Waals surface area contributed by atoms with Gasteiger partial charge in [-0.2, -0.15) is 17.7 Å². The van der Waals surface area contributed by atoms with Gasteiger partial charge in [-0.15, -0.1) is 0 Å². The van der Waals surface area contributed by atoms with Gasteiger partial charge in [-0.1, -0.05) is 0 Å². The van der Waals surface area contributed by atoms with Crippen LogP contribution in [0.3, 0.4) is 0 Å². The second-order valence-corrected chi connectivity index (χ2v) is 3.66. The largest absolute Gasteiger partial charge is 0.507 e. The third-order valence-electron chi connectivity index (χ3n) is 2.45. The van der Waals surface area contributed by atoms with Crippen molar-refractivity contribution in [1.82, 2.24) is 0 Å². The molecule has 0 saturated carbocycles. The normalized spacial score (nSPS) is 11.5. The van der Waals surface area contributed by atoms with Crippen LogP contribution in [0.2, 0.25) is 0 Å². The molecule has 8 heteroatoms. The Labute approximate surface area is 106 Å². The molecule has 1 aromatic rings. The van der Waals surface area contributed by atoms with Crippen LogP contribution in [0.15, 0.2) is 6.07 Å². The number of aromatic hydroxyl groups is 1. The molecule has 0 fully saturated rings. The number of carbonyl (C=O) groups is 1. The van der Waals surface area contributed by atoms with Crippen LogP contribution in [0.25, 0.3) is 0 Å². The molecule has 106 valence electrons. The van der Waals surface area contributed by atoms with Crippen LogP contribution in [-0.4, -0.2) is 17.7 Å². The molecule has 0 saturated heterocycles. The Hall–Kier alpha value is -1.86. The number of hydrogen-bond donors (Lipinski definition) is 1. The van der Waals surface area contributed by atoms with Crippen LogP contribution >= 0.6 is 0 Å². The van der Waals surface area contributed by atoms with E-state index in [9.17, 15) is 27.5 Å². The van der Waals surface area contributed by atoms with Gasteiger partial charge in [0.1, 0.15) is 12.8 Å². The van der Waals surface area contributed by atoms with Gasteiger partial charge >= 0.3 is 17.8 Å². The summed E-state index contributed by atoms with van der Waals surface area (Å²) in [7, 11) is 0.958. The van der Waals surface area contributed by atoms with Gasteiger partial charge in [-0.3, -0.25) is 0 Å². The minimum atomic E-state index is -4.93. The molecule has 1 N–H and O–H groups in total. The maximum Gasteiger partial charge on any atom is 0.478 e. The van der Waals surface area contributed by atoms with Crippen LogP contribution in [0.4, 0.5) is 17.6 Å². The lowest BCUT2D eigenvalue weighted by molar-refractivity contribution is -0.699. The molecule has 0 amide bonds. The van der Waals surface area contributed by atoms with E-state index in [0.717, 1.165) is 13.1 Å². The highest BCUT2D eigenvalue weighted by molar-refractivity contribution is 5.93. The number of aromatic nitrogens is 1. The average molecular weight is 282 g/mol. The lowest BCUT2D eigenvalue weighted by atomic mass is 10.1. The van der Waals surface area contributed by atoms with E-state index in [4.69, 9.17) is 0 Å². The zero-order valence-corrected chi connectivity index (χ0v) is 10.2. The van der Waals surface area contributed by atoms with Crippen molar-refractivity contribution < 1.29 is 36.8 Å². The van der Waals surface area contributed by atoms with Gasteiger partial charge in [-0.25, -0.2) is 9.18 Å². The van der Waals surface area contributed by atoms with Gasteiger partial charge in [0, 0.05) is 0 Å². The summed E-state index contributed by atoms with van der Waals surface area (Å²) in [6, 6.07) is 0.765. The van der Waals surface area contributed by atoms with Gasteiger partial charge in [0.15, 0.2) is 12.2 Å². The Bertz CT molecular complexity index is 500. The molecule has 4 nitrogen and oxygen atoms in total. The number of pyridine rings is 1. The fourth-order valence-corrected chi connectivity index (χ4v) is 1.62. The molecule has 0 aliphatic rings. The standard InChI is InChI=1S/C11H11F4NO3/c1-3-19-10(18)8-7(17)4-6(5-12)16(2)9(8)11(13,14)15/h4H,3,5H2,1-2H3/p+1. The first-order valence-electron chi connectivity index (χ1n) is 5.29. The summed E-state index contributed by atoms with van der Waals surface area (Å²) in [5.74, 6) is -2.27. The molecule has 1 rings (SSSR count). The molecule has 0 atom stereocenters. The highest BCUT2D eigenvalue weighted by Gasteiger charge is 2.47. The minimum Gasteiger partial charge on any atom is -0.507 e. The van der Waals surface area contributed by atoms with Crippen molar-refractivity contribution in [3.8, 4) is 5.75 Å². The number of nitrogens with zero attached hydrogens (tertiary/aromatic N) is 1. The van der Waals surface area contributed by atoms with Crippen molar-refractivity contribution in [1.29, 1.82) is 0 Å². The maximum atomic E-state index is 12.9. The van der Waals surface area contributed by atoms with Crippen molar-refractivity contribution in [2.24, 2.45) is 7.05 Å². The molecule has 0 bridgehead atoms. The molecule has 0 radical (unpaired) electrons. The summed E-state index contributed by atoms with van der Waals surface area (Å²) in [6.07, 6.45) is -4.93. The predicted octanol–water partition coefficient (Wildman–Crippen LogP) is 1.88. The fourth-order valence-electron chi connectivity index (χ4n) is 1.62. The Kier molecular flexibility index (Phi) is 4.33. The molecular formula is C11H12F4NO3+. The van der Waals surface area contributed by atoms with E-state index in [1.165, 1.54) is 6.92 Å². The van der Waals surface area contributed by atoms with Gasteiger partial charge in [0.25, 0.3) is 0 Å². The lowest BCUT2D eigenvalue weighted by Gasteiger charge is -2.12. The quantitative estimate of drug-likeness (QED) is 0.523. The number of alkyl halides is 4. The lowest BCUT2D eigenvalue weighted by Crippen LogP contribution is -2.44. The average Bonchev–Trinajstić information content (AvgIpc) is 2.29. The first-order valence-corrected chi connectivity index (χ1v) is 5.29. The maximum absolute atomic E-state index is 12.9. The topological polar surface area (TPSA) is 50.4 Å². The number of hydrogen-bond acceptors (Lipinski definition) is 3. The smallest absolute Gasteiger partial charge is 0.478 e. The Balaban J connectivity index is 3.61. The second-order valence-electron chi connectivity index (χ2n) is 3.66. The van der Waals surface area contributed by atoms with E-state index in [-0.39, 0.29) is 6.61 Å². The number of ether oxygens (including phenoxy) is 1. The van der Waals surface area contributed by atoms with E-state index >= 15 is 0 Å². The van der Waals surface area contributed by atoms with E-state index in [1.807, 2.05) is 0 Å². The monoisotopic (exact) mass is 282 g/mol. The molecule has 19 heavy (non-hydrogen) atoms. The molecule has 0 aliphatic heterocycles. The predicted molar refractivity (Wildman–Crippen MR) is 55.1 cm³/mol. The first-order chi connectivity index (χ1) is 8.73. The molecule has 0 aromatic carbocycles. The van der Waals surface area contributed by atoms with Gasteiger partial charge in [-0.05, 0) is 6.92 Å². The highest BCUT2D eigenvalue weighted by Crippen LogP contribution is 2.34. The molecular weight excluding hydrogens is 270 g/mol. The number of halogens is 4. The third kappa shape index (κ3) is 2.94. The van der Waals surface area contributed by atoms with E-state index < -0.39 is 41.5 Å². The third-order valence-corrected chi connectivity index (χ3v) is 2.45. The molecule has 0 spiro atoms. The van der Waals surface area contributed by atoms with E-state index in [1.54, 1.807) is 0 Å². The van der Waals surface area contributed by atoms with Crippen LogP contribution in [-0.2, 0) is 24.6 Å². The van der Waals surface area contributed by atoms with Crippen LogP contribution in [0.1, 0.15) is 28.7 Å².